The zero-order chi connectivity index (χ0) is 30.7. The molecule has 0 amide bonds. The summed E-state index contributed by atoms with van der Waals surface area (Å²) in [4.78, 5) is 0. The molecular weight excluding hydrogens is 496 g/mol. The van der Waals surface area contributed by atoms with Gasteiger partial charge < -0.3 is 0 Å². The minimum Gasteiger partial charge on any atom is -0.223 e. The van der Waals surface area contributed by atoms with Crippen molar-refractivity contribution in [1.29, 1.82) is 0 Å². The van der Waals surface area contributed by atoms with Gasteiger partial charge in [-0.1, -0.05) is 103 Å². The highest BCUT2D eigenvalue weighted by Crippen LogP contribution is 2.67. The molecule has 2 aromatic heterocycles. The monoisotopic (exact) mass is 549 g/mol. The Bertz CT molecular complexity index is 1650. The van der Waals surface area contributed by atoms with Crippen molar-refractivity contribution in [1.82, 2.24) is 4.40 Å². The van der Waals surface area contributed by atoms with E-state index in [1.165, 1.54) is 74.5 Å². The second-order valence-electron chi connectivity index (χ2n) is 10.6. The summed E-state index contributed by atoms with van der Waals surface area (Å²) in [6.45, 7) is 29.5. The summed E-state index contributed by atoms with van der Waals surface area (Å²) in [5, 5.41) is 4.24. The normalized spacial score (nSPS) is 19.1. The van der Waals surface area contributed by atoms with Gasteiger partial charge in [0.1, 0.15) is 17.3 Å². The number of hydrogen-bond donors (Lipinski definition) is 0. The fourth-order valence-electron chi connectivity index (χ4n) is 7.53. The number of nitrogens with zero attached hydrogens (tertiary/aromatic N) is 2. The Balaban J connectivity index is 0.000000535. The first-order chi connectivity index (χ1) is 20.0. The van der Waals surface area contributed by atoms with Crippen molar-refractivity contribution in [3.8, 4) is 11.3 Å². The van der Waals surface area contributed by atoms with Crippen LogP contribution >= 0.6 is 0 Å². The Morgan fingerprint density at radius 1 is 0.780 bits per heavy atom. The summed E-state index contributed by atoms with van der Waals surface area (Å²) in [6, 6.07) is 20.8. The van der Waals surface area contributed by atoms with Gasteiger partial charge in [0.2, 0.25) is 0 Å². The Labute approximate surface area is 249 Å². The van der Waals surface area contributed by atoms with Crippen molar-refractivity contribution in [2.75, 3.05) is 0 Å². The lowest BCUT2D eigenvalue weighted by atomic mass is 9.81. The first kappa shape index (κ1) is 32.1. The number of aryl methyl sites for hydroxylation is 3. The molecule has 0 radical (unpaired) electrons. The fraction of sp³-hybridized carbons (Fsp3) is 0.410. The van der Waals surface area contributed by atoms with Crippen LogP contribution in [0.1, 0.15) is 96.9 Å². The Hall–Kier alpha value is -3.39. The summed E-state index contributed by atoms with van der Waals surface area (Å²) < 4.78 is 5.29. The lowest BCUT2D eigenvalue weighted by molar-refractivity contribution is -0.720. The van der Waals surface area contributed by atoms with Crippen molar-refractivity contribution in [3.05, 3.63) is 96.2 Å². The van der Waals surface area contributed by atoms with Gasteiger partial charge in [-0.15, -0.1) is 13.2 Å². The fourth-order valence-corrected chi connectivity index (χ4v) is 7.53. The lowest BCUT2D eigenvalue weighted by Crippen LogP contribution is -2.52. The van der Waals surface area contributed by atoms with Crippen LogP contribution in [0.4, 0.5) is 0 Å². The molecule has 3 heterocycles. The highest BCUT2D eigenvalue weighted by atomic mass is 15.2. The molecule has 5 aromatic rings. The number of hydrogen-bond acceptors (Lipinski definition) is 0. The third-order valence-corrected chi connectivity index (χ3v) is 9.17. The SMILES string of the molecule is C=C.CC.CC.CC.CCC12CC1(CC)[n+]1cc(-c3c(C)cccc3C)n3c4ccc(C)cc4c4cccc2c4c31. The van der Waals surface area contributed by atoms with Crippen LogP contribution in [0, 0.1) is 20.8 Å². The highest BCUT2D eigenvalue weighted by Gasteiger charge is 2.73. The Morgan fingerprint density at radius 2 is 1.39 bits per heavy atom. The molecule has 7 rings (SSSR count). The van der Waals surface area contributed by atoms with Crippen molar-refractivity contribution < 1.29 is 4.57 Å². The molecule has 3 aromatic carbocycles. The molecule has 2 atom stereocenters. The molecule has 1 saturated carbocycles. The molecule has 2 heteroatoms. The number of pyridine rings is 1. The summed E-state index contributed by atoms with van der Waals surface area (Å²) >= 11 is 0. The predicted molar refractivity (Wildman–Crippen MR) is 182 cm³/mol. The first-order valence-electron chi connectivity index (χ1n) is 16.0. The van der Waals surface area contributed by atoms with Crippen LogP contribution in [-0.4, -0.2) is 4.40 Å². The van der Waals surface area contributed by atoms with Gasteiger partial charge in [-0.25, -0.2) is 4.57 Å². The Morgan fingerprint density at radius 3 is 1.98 bits per heavy atom. The van der Waals surface area contributed by atoms with Gasteiger partial charge in [0.05, 0.1) is 5.39 Å². The molecule has 1 fully saturated rings. The van der Waals surface area contributed by atoms with Crippen LogP contribution in [-0.2, 0) is 11.0 Å². The summed E-state index contributed by atoms with van der Waals surface area (Å²) in [5.74, 6) is 0. The van der Waals surface area contributed by atoms with Gasteiger partial charge in [-0.2, -0.15) is 4.40 Å². The number of fused-ring (bicyclic) bond motifs is 6. The molecule has 41 heavy (non-hydrogen) atoms. The van der Waals surface area contributed by atoms with E-state index < -0.39 is 0 Å². The zero-order valence-corrected chi connectivity index (χ0v) is 27.7. The van der Waals surface area contributed by atoms with Crippen LogP contribution < -0.4 is 4.57 Å². The molecule has 2 nitrogen and oxygen atoms in total. The average molecular weight is 550 g/mol. The molecular formula is C39H53N2+. The van der Waals surface area contributed by atoms with E-state index in [-0.39, 0.29) is 11.0 Å². The number of aromatic nitrogens is 2. The van der Waals surface area contributed by atoms with E-state index in [1.54, 1.807) is 5.56 Å². The first-order valence-corrected chi connectivity index (χ1v) is 16.0. The van der Waals surface area contributed by atoms with Gasteiger partial charge in [-0.3, -0.25) is 0 Å². The summed E-state index contributed by atoms with van der Waals surface area (Å²) in [5.41, 5.74) is 11.4. The predicted octanol–water partition coefficient (Wildman–Crippen LogP) is 11.2. The van der Waals surface area contributed by atoms with Gasteiger partial charge in [-0.05, 0) is 62.4 Å². The number of imidazole rings is 1. The van der Waals surface area contributed by atoms with E-state index in [9.17, 15) is 0 Å². The molecule has 0 bridgehead atoms. The van der Waals surface area contributed by atoms with Crippen molar-refractivity contribution >= 4 is 27.3 Å². The van der Waals surface area contributed by atoms with Crippen molar-refractivity contribution in [3.63, 3.8) is 0 Å². The molecule has 218 valence electrons. The van der Waals surface area contributed by atoms with Gasteiger partial charge in [0, 0.05) is 28.2 Å². The molecule has 1 aliphatic carbocycles. The van der Waals surface area contributed by atoms with Crippen LogP contribution in [0.2, 0.25) is 0 Å². The molecule has 0 saturated heterocycles. The van der Waals surface area contributed by atoms with E-state index >= 15 is 0 Å². The van der Waals surface area contributed by atoms with E-state index in [1.807, 2.05) is 41.5 Å². The van der Waals surface area contributed by atoms with E-state index in [2.05, 4.69) is 118 Å². The molecule has 2 aliphatic rings. The molecule has 0 N–H and O–H groups in total. The third-order valence-electron chi connectivity index (χ3n) is 9.17. The molecule has 2 unspecified atom stereocenters. The summed E-state index contributed by atoms with van der Waals surface area (Å²) in [7, 11) is 0. The van der Waals surface area contributed by atoms with Crippen LogP contribution in [0.5, 0.6) is 0 Å². The molecule has 1 aliphatic heterocycles. The maximum Gasteiger partial charge on any atom is 0.296 e. The van der Waals surface area contributed by atoms with Crippen LogP contribution in [0.3, 0.4) is 0 Å². The smallest absolute Gasteiger partial charge is 0.223 e. The van der Waals surface area contributed by atoms with E-state index in [4.69, 9.17) is 0 Å². The van der Waals surface area contributed by atoms with Gasteiger partial charge in [0.15, 0.2) is 5.69 Å². The zero-order valence-electron chi connectivity index (χ0n) is 27.7. The Kier molecular flexibility index (Phi) is 9.90. The maximum atomic E-state index is 3.00. The number of rotatable bonds is 3. The van der Waals surface area contributed by atoms with Crippen molar-refractivity contribution in [2.24, 2.45) is 0 Å². The van der Waals surface area contributed by atoms with Gasteiger partial charge >= 0.3 is 0 Å². The lowest BCUT2D eigenvalue weighted by Gasteiger charge is -2.28. The summed E-state index contributed by atoms with van der Waals surface area (Å²) in [6.07, 6.45) is 6.10. The number of benzene rings is 3. The third kappa shape index (κ3) is 4.33. The van der Waals surface area contributed by atoms with E-state index in [0.29, 0.717) is 0 Å². The standard InChI is InChI=1S/C31H31N2.3C2H6.C2H4/c1-6-30-18-31(30,7-2)32-17-26(27-20(4)10-8-11-21(27)5)33-25-15-14-19(3)16-23(25)22-12-9-13-24(30)28(22)29(32)33;4*1-2/h8-17H,6-7,18H2,1-5H3;3*1-2H3;1-2H2/q+1;;;;. The van der Waals surface area contributed by atoms with Crippen LogP contribution in [0.15, 0.2) is 74.0 Å². The van der Waals surface area contributed by atoms with Crippen molar-refractivity contribution in [2.45, 2.75) is 106 Å². The average Bonchev–Trinajstić information content (AvgIpc) is 3.59. The second-order valence-corrected chi connectivity index (χ2v) is 10.6. The van der Waals surface area contributed by atoms with Crippen LogP contribution in [0.25, 0.3) is 38.6 Å². The molecule has 0 spiro atoms. The van der Waals surface area contributed by atoms with E-state index in [0.717, 1.165) is 0 Å². The topological polar surface area (TPSA) is 8.29 Å². The largest absolute Gasteiger partial charge is 0.296 e. The second kappa shape index (κ2) is 12.6. The minimum atomic E-state index is 0.182. The maximum absolute atomic E-state index is 3.00. The van der Waals surface area contributed by atoms with Gasteiger partial charge in [0.25, 0.3) is 5.65 Å². The quantitative estimate of drug-likeness (QED) is 0.120. The minimum absolute atomic E-state index is 0.182. The highest BCUT2D eigenvalue weighted by molar-refractivity contribution is 6.14.